The summed E-state index contributed by atoms with van der Waals surface area (Å²) in [6.45, 7) is 5.21. The highest BCUT2D eigenvalue weighted by molar-refractivity contribution is 7.23. The van der Waals surface area contributed by atoms with Crippen LogP contribution in [0.1, 0.15) is 12.5 Å². The van der Waals surface area contributed by atoms with Crippen molar-refractivity contribution in [3.63, 3.8) is 0 Å². The van der Waals surface area contributed by atoms with Crippen LogP contribution in [0.5, 0.6) is 0 Å². The fraction of sp³-hybridized carbons (Fsp3) is 0.0588. The summed E-state index contributed by atoms with van der Waals surface area (Å²) in [6, 6.07) is 6.44. The van der Waals surface area contributed by atoms with Crippen molar-refractivity contribution in [3.05, 3.63) is 71.7 Å². The van der Waals surface area contributed by atoms with Crippen molar-refractivity contribution in [2.24, 2.45) is 0 Å². The molecule has 0 N–H and O–H groups in total. The maximum Gasteiger partial charge on any atom is 0.168 e. The Bertz CT molecular complexity index is 773. The van der Waals surface area contributed by atoms with Crippen LogP contribution in [-0.2, 0) is 0 Å². The second kappa shape index (κ2) is 6.93. The van der Waals surface area contributed by atoms with Gasteiger partial charge in [-0.05, 0) is 29.4 Å². The molecule has 0 saturated heterocycles. The number of benzene rings is 1. The van der Waals surface area contributed by atoms with Gasteiger partial charge in [0, 0.05) is 16.0 Å². The molecule has 0 amide bonds. The van der Waals surface area contributed by atoms with E-state index >= 15 is 0 Å². The van der Waals surface area contributed by atoms with Crippen LogP contribution < -0.4 is 4.78 Å². The summed E-state index contributed by atoms with van der Waals surface area (Å²) in [7, 11) is 11.2. The van der Waals surface area contributed by atoms with Crippen molar-refractivity contribution >= 4 is 37.4 Å². The van der Waals surface area contributed by atoms with E-state index in [1.54, 1.807) is 43.3 Å². The van der Waals surface area contributed by atoms with E-state index in [1.807, 2.05) is 0 Å². The second-order valence-corrected chi connectivity index (χ2v) is 5.83. The van der Waals surface area contributed by atoms with E-state index in [0.717, 1.165) is 0 Å². The highest BCUT2D eigenvalue weighted by Crippen LogP contribution is 2.31. The Morgan fingerprint density at radius 1 is 1.14 bits per heavy atom. The summed E-state index contributed by atoms with van der Waals surface area (Å²) >= 11 is 1.21. The molecule has 4 radical (unpaired) electrons. The van der Waals surface area contributed by atoms with Gasteiger partial charge >= 0.3 is 0 Å². The molecule has 2 aromatic rings. The van der Waals surface area contributed by atoms with E-state index in [0.29, 0.717) is 20.7 Å². The first-order valence-corrected chi connectivity index (χ1v) is 7.36. The molecule has 0 bridgehead atoms. The largest absolute Gasteiger partial charge is 0.203 e. The zero-order valence-corrected chi connectivity index (χ0v) is 12.9. The van der Waals surface area contributed by atoms with Crippen molar-refractivity contribution in [3.8, 4) is 10.4 Å². The molecule has 5 heteroatoms. The molecule has 0 aliphatic heterocycles. The SMILES string of the molecule is [B]/C(C=C)=C/C=C(\C)c1ccc(-c2ccc([B])s2)c(F)c1F. The van der Waals surface area contributed by atoms with Crippen LogP contribution in [-0.4, -0.2) is 15.7 Å². The molecule has 0 atom stereocenters. The van der Waals surface area contributed by atoms with Gasteiger partial charge < -0.3 is 0 Å². The van der Waals surface area contributed by atoms with Crippen LogP contribution in [0.25, 0.3) is 16.0 Å². The van der Waals surface area contributed by atoms with Gasteiger partial charge in [0.2, 0.25) is 0 Å². The number of allylic oxidation sites excluding steroid dienone is 5. The highest BCUT2D eigenvalue weighted by Gasteiger charge is 2.16. The topological polar surface area (TPSA) is 0 Å². The Kier molecular flexibility index (Phi) is 5.19. The van der Waals surface area contributed by atoms with Crippen LogP contribution >= 0.6 is 11.3 Å². The fourth-order valence-electron chi connectivity index (χ4n) is 1.92. The molecule has 0 fully saturated rings. The minimum Gasteiger partial charge on any atom is -0.203 e. The third-order valence-electron chi connectivity index (χ3n) is 3.16. The smallest absolute Gasteiger partial charge is 0.168 e. The Morgan fingerprint density at radius 3 is 2.45 bits per heavy atom. The van der Waals surface area contributed by atoms with Crippen molar-refractivity contribution in [2.45, 2.75) is 6.92 Å². The lowest BCUT2D eigenvalue weighted by Gasteiger charge is -2.08. The predicted octanol–water partition coefficient (Wildman–Crippen LogP) is 4.13. The lowest BCUT2D eigenvalue weighted by atomic mass is 9.94. The van der Waals surface area contributed by atoms with Gasteiger partial charge in [-0.25, -0.2) is 8.78 Å². The molecular weight excluding hydrogens is 296 g/mol. The van der Waals surface area contributed by atoms with Gasteiger partial charge in [-0.3, -0.25) is 0 Å². The van der Waals surface area contributed by atoms with Crippen molar-refractivity contribution in [1.29, 1.82) is 0 Å². The van der Waals surface area contributed by atoms with E-state index < -0.39 is 11.6 Å². The first-order valence-electron chi connectivity index (χ1n) is 6.54. The van der Waals surface area contributed by atoms with Gasteiger partial charge in [-0.2, -0.15) is 11.3 Å². The van der Waals surface area contributed by atoms with Crippen LogP contribution in [0.4, 0.5) is 8.78 Å². The molecule has 1 aromatic carbocycles. The Balaban J connectivity index is 2.45. The highest BCUT2D eigenvalue weighted by atomic mass is 32.1. The number of rotatable bonds is 4. The van der Waals surface area contributed by atoms with E-state index in [-0.39, 0.29) is 11.1 Å². The number of thiophene rings is 1. The van der Waals surface area contributed by atoms with Crippen molar-refractivity contribution in [1.82, 2.24) is 0 Å². The van der Waals surface area contributed by atoms with Crippen LogP contribution in [0, 0.1) is 11.6 Å². The fourth-order valence-corrected chi connectivity index (χ4v) is 2.71. The number of hydrogen-bond acceptors (Lipinski definition) is 1. The van der Waals surface area contributed by atoms with Gasteiger partial charge in [-0.15, -0.1) is 0 Å². The van der Waals surface area contributed by atoms with E-state index in [9.17, 15) is 8.78 Å². The first kappa shape index (κ1) is 16.5. The van der Waals surface area contributed by atoms with Gasteiger partial charge in [0.05, 0.1) is 0 Å². The summed E-state index contributed by atoms with van der Waals surface area (Å²) < 4.78 is 29.1. The van der Waals surface area contributed by atoms with Crippen LogP contribution in [0.3, 0.4) is 0 Å². The zero-order valence-electron chi connectivity index (χ0n) is 12.1. The molecule has 0 nitrogen and oxygen atoms in total. The average molecular weight is 308 g/mol. The summed E-state index contributed by atoms with van der Waals surface area (Å²) in [5.41, 5.74) is 1.42. The van der Waals surface area contributed by atoms with Gasteiger partial charge in [0.15, 0.2) is 11.6 Å². The monoisotopic (exact) mass is 308 g/mol. The quantitative estimate of drug-likeness (QED) is 0.588. The Morgan fingerprint density at radius 2 is 1.86 bits per heavy atom. The lowest BCUT2D eigenvalue weighted by Crippen LogP contribution is -1.95. The van der Waals surface area contributed by atoms with Crippen LogP contribution in [0.2, 0.25) is 0 Å². The second-order valence-electron chi connectivity index (χ2n) is 4.71. The van der Waals surface area contributed by atoms with Gasteiger partial charge in [0.25, 0.3) is 0 Å². The maximum atomic E-state index is 14.3. The van der Waals surface area contributed by atoms with E-state index in [4.69, 9.17) is 15.7 Å². The van der Waals surface area contributed by atoms with Crippen LogP contribution in [0.15, 0.2) is 54.5 Å². The van der Waals surface area contributed by atoms with Gasteiger partial charge in [0.1, 0.15) is 15.7 Å². The molecule has 0 aliphatic carbocycles. The molecule has 2 rings (SSSR count). The minimum atomic E-state index is -0.885. The molecular formula is C17H12B2F2S. The zero-order chi connectivity index (χ0) is 16.3. The number of hydrogen-bond donors (Lipinski definition) is 0. The summed E-state index contributed by atoms with van der Waals surface area (Å²) in [5.74, 6) is -1.77. The molecule has 106 valence electrons. The Labute approximate surface area is 135 Å². The predicted molar refractivity (Wildman–Crippen MR) is 92.7 cm³/mol. The molecule has 22 heavy (non-hydrogen) atoms. The van der Waals surface area contributed by atoms with Crippen molar-refractivity contribution < 1.29 is 8.78 Å². The van der Waals surface area contributed by atoms with E-state index in [1.165, 1.54) is 17.4 Å². The van der Waals surface area contributed by atoms with E-state index in [2.05, 4.69) is 6.58 Å². The molecule has 1 heterocycles. The summed E-state index contributed by atoms with van der Waals surface area (Å²) in [6.07, 6.45) is 4.69. The normalized spacial score (nSPS) is 12.5. The third kappa shape index (κ3) is 3.47. The molecule has 0 unspecified atom stereocenters. The first-order chi connectivity index (χ1) is 10.4. The maximum absolute atomic E-state index is 14.3. The molecule has 0 saturated carbocycles. The lowest BCUT2D eigenvalue weighted by molar-refractivity contribution is 0.509. The summed E-state index contributed by atoms with van der Waals surface area (Å²) in [5, 5.41) is 0. The summed E-state index contributed by atoms with van der Waals surface area (Å²) in [4.78, 5) is 0.595. The Hall–Kier alpha value is -1.87. The molecule has 0 aliphatic rings. The van der Waals surface area contributed by atoms with Crippen molar-refractivity contribution in [2.75, 3.05) is 0 Å². The standard InChI is InChI=1S/C17H12B2F2S/c1-3-11(18)5-4-10(2)12-6-7-13(17(21)16(12)20)14-8-9-15(19)22-14/h3-9H,1H2,2H3/b10-4+,11-5+. The number of halogens is 2. The minimum absolute atomic E-state index is 0.193. The van der Waals surface area contributed by atoms with Gasteiger partial charge in [-0.1, -0.05) is 42.4 Å². The third-order valence-corrected chi connectivity index (χ3v) is 4.11. The molecule has 1 aromatic heterocycles. The molecule has 0 spiro atoms. The average Bonchev–Trinajstić information content (AvgIpc) is 2.93.